The average Bonchev–Trinajstić information content (AvgIpc) is 3.46. The van der Waals surface area contributed by atoms with Crippen molar-refractivity contribution in [2.24, 2.45) is 11.8 Å². The molecule has 1 aliphatic heterocycles. The molecule has 2 unspecified atom stereocenters. The van der Waals surface area contributed by atoms with Crippen LogP contribution in [-0.4, -0.2) is 40.0 Å². The Hall–Kier alpha value is -2.91. The van der Waals surface area contributed by atoms with Crippen molar-refractivity contribution in [3.63, 3.8) is 0 Å². The SMILES string of the molecule is CCOC(=O)C1CCCN(c2ccc(NC(=O)CCC3CCCC3)cc2S(=O)(=O)NC(C)c2ccccc2)C1. The number of piperidine rings is 1. The Morgan fingerprint density at radius 3 is 2.51 bits per heavy atom. The van der Waals surface area contributed by atoms with Crippen molar-refractivity contribution in [2.45, 2.75) is 76.2 Å². The van der Waals surface area contributed by atoms with E-state index in [1.807, 2.05) is 35.2 Å². The van der Waals surface area contributed by atoms with Crippen molar-refractivity contribution in [1.82, 2.24) is 4.72 Å². The fourth-order valence-corrected chi connectivity index (χ4v) is 7.16. The standard InChI is InChI=1S/C30H41N3O5S/c1-3-38-30(35)25-14-9-19-33(21-25)27-17-16-26(31-29(34)18-15-23-10-7-8-11-23)20-28(27)39(36,37)32-22(2)24-12-5-4-6-13-24/h4-6,12-13,16-17,20,22-23,25,32H,3,7-11,14-15,18-19,21H2,1-2H3,(H,31,34). The summed E-state index contributed by atoms with van der Waals surface area (Å²) in [6.45, 7) is 4.90. The lowest BCUT2D eigenvalue weighted by molar-refractivity contribution is -0.148. The molecular formula is C30H41N3O5S. The third-order valence-electron chi connectivity index (χ3n) is 7.80. The molecule has 2 aromatic carbocycles. The minimum absolute atomic E-state index is 0.0865. The molecule has 2 atom stereocenters. The Morgan fingerprint density at radius 1 is 1.05 bits per heavy atom. The number of hydrogen-bond donors (Lipinski definition) is 2. The molecule has 2 aromatic rings. The maximum Gasteiger partial charge on any atom is 0.310 e. The van der Waals surface area contributed by atoms with E-state index >= 15 is 0 Å². The fraction of sp³-hybridized carbons (Fsp3) is 0.533. The molecule has 2 N–H and O–H groups in total. The van der Waals surface area contributed by atoms with E-state index in [-0.39, 0.29) is 22.7 Å². The molecule has 1 heterocycles. The Labute approximate surface area is 232 Å². The molecule has 0 radical (unpaired) electrons. The van der Waals surface area contributed by atoms with E-state index in [1.165, 1.54) is 31.7 Å². The molecule has 0 bridgehead atoms. The Kier molecular flexibility index (Phi) is 10.0. The van der Waals surface area contributed by atoms with Crippen LogP contribution in [0.5, 0.6) is 0 Å². The second-order valence-electron chi connectivity index (χ2n) is 10.7. The van der Waals surface area contributed by atoms with Crippen LogP contribution < -0.4 is 14.9 Å². The molecule has 0 spiro atoms. The topological polar surface area (TPSA) is 105 Å². The van der Waals surface area contributed by atoms with E-state index in [0.717, 1.165) is 18.4 Å². The molecule has 2 aliphatic rings. The zero-order chi connectivity index (χ0) is 27.8. The van der Waals surface area contributed by atoms with Gasteiger partial charge >= 0.3 is 5.97 Å². The number of rotatable bonds is 11. The number of carbonyl (C=O) groups excluding carboxylic acids is 2. The van der Waals surface area contributed by atoms with Crippen molar-refractivity contribution in [3.05, 3.63) is 54.1 Å². The third kappa shape index (κ3) is 7.82. The summed E-state index contributed by atoms with van der Waals surface area (Å²) in [4.78, 5) is 27.2. The minimum atomic E-state index is -3.98. The first-order valence-electron chi connectivity index (χ1n) is 14.2. The second kappa shape index (κ2) is 13.4. The van der Waals surface area contributed by atoms with Gasteiger partial charge in [-0.05, 0) is 62.8 Å². The Bertz CT molecular complexity index is 1230. The molecule has 212 valence electrons. The predicted molar refractivity (Wildman–Crippen MR) is 153 cm³/mol. The molecule has 1 saturated heterocycles. The van der Waals surface area contributed by atoms with Gasteiger partial charge in [-0.15, -0.1) is 0 Å². The van der Waals surface area contributed by atoms with E-state index in [0.29, 0.717) is 49.8 Å². The van der Waals surface area contributed by atoms with Crippen molar-refractivity contribution in [3.8, 4) is 0 Å². The van der Waals surface area contributed by atoms with Crippen LogP contribution in [0.4, 0.5) is 11.4 Å². The fourth-order valence-electron chi connectivity index (χ4n) is 5.68. The number of amides is 1. The average molecular weight is 556 g/mol. The smallest absolute Gasteiger partial charge is 0.310 e. The minimum Gasteiger partial charge on any atom is -0.466 e. The number of nitrogens with one attached hydrogen (secondary N) is 2. The highest BCUT2D eigenvalue weighted by Gasteiger charge is 2.31. The van der Waals surface area contributed by atoms with Crippen LogP contribution in [0.2, 0.25) is 0 Å². The first-order chi connectivity index (χ1) is 18.8. The van der Waals surface area contributed by atoms with Crippen molar-refractivity contribution >= 4 is 33.3 Å². The molecule has 0 aromatic heterocycles. The van der Waals surface area contributed by atoms with E-state index in [2.05, 4.69) is 10.0 Å². The van der Waals surface area contributed by atoms with Crippen LogP contribution in [0, 0.1) is 11.8 Å². The first kappa shape index (κ1) is 29.1. The quantitative estimate of drug-likeness (QED) is 0.359. The van der Waals surface area contributed by atoms with E-state index < -0.39 is 16.1 Å². The van der Waals surface area contributed by atoms with Crippen LogP contribution in [0.1, 0.15) is 76.8 Å². The zero-order valence-electron chi connectivity index (χ0n) is 23.0. The highest BCUT2D eigenvalue weighted by Crippen LogP contribution is 2.33. The van der Waals surface area contributed by atoms with Gasteiger partial charge < -0.3 is 15.0 Å². The second-order valence-corrected chi connectivity index (χ2v) is 12.4. The molecule has 2 fully saturated rings. The highest BCUT2D eigenvalue weighted by molar-refractivity contribution is 7.89. The van der Waals surface area contributed by atoms with Gasteiger partial charge in [-0.3, -0.25) is 9.59 Å². The molecule has 9 heteroatoms. The van der Waals surface area contributed by atoms with Crippen molar-refractivity contribution < 1.29 is 22.7 Å². The van der Waals surface area contributed by atoms with Crippen LogP contribution in [0.15, 0.2) is 53.4 Å². The summed E-state index contributed by atoms with van der Waals surface area (Å²) in [7, 11) is -3.98. The van der Waals surface area contributed by atoms with Gasteiger partial charge in [0, 0.05) is 31.2 Å². The van der Waals surface area contributed by atoms with Gasteiger partial charge in [0.25, 0.3) is 0 Å². The van der Waals surface area contributed by atoms with Crippen LogP contribution >= 0.6 is 0 Å². The number of ether oxygens (including phenoxy) is 1. The summed E-state index contributed by atoms with van der Waals surface area (Å²) in [6.07, 6.45) is 7.55. The first-order valence-corrected chi connectivity index (χ1v) is 15.7. The van der Waals surface area contributed by atoms with Gasteiger partial charge in [-0.1, -0.05) is 56.0 Å². The van der Waals surface area contributed by atoms with E-state index in [4.69, 9.17) is 4.74 Å². The number of carbonyl (C=O) groups is 2. The molecule has 4 rings (SSSR count). The lowest BCUT2D eigenvalue weighted by Gasteiger charge is -2.34. The maximum atomic E-state index is 13.8. The molecule has 1 aliphatic carbocycles. The van der Waals surface area contributed by atoms with Gasteiger partial charge in [-0.25, -0.2) is 13.1 Å². The molecule has 8 nitrogen and oxygen atoms in total. The lowest BCUT2D eigenvalue weighted by Crippen LogP contribution is -2.40. The molecular weight excluding hydrogens is 514 g/mol. The molecule has 1 amide bonds. The van der Waals surface area contributed by atoms with Crippen LogP contribution in [0.25, 0.3) is 0 Å². The normalized spacial score (nSPS) is 19.0. The summed E-state index contributed by atoms with van der Waals surface area (Å²) in [5.74, 6) is -0.0813. The number of benzene rings is 2. The highest BCUT2D eigenvalue weighted by atomic mass is 32.2. The predicted octanol–water partition coefficient (Wildman–Crippen LogP) is 5.41. The summed E-state index contributed by atoms with van der Waals surface area (Å²) in [5, 5.41) is 2.91. The van der Waals surface area contributed by atoms with E-state index in [9.17, 15) is 18.0 Å². The number of sulfonamides is 1. The van der Waals surface area contributed by atoms with Crippen molar-refractivity contribution in [2.75, 3.05) is 29.9 Å². The van der Waals surface area contributed by atoms with Gasteiger partial charge in [0.1, 0.15) is 4.90 Å². The lowest BCUT2D eigenvalue weighted by atomic mass is 9.97. The molecule has 1 saturated carbocycles. The van der Waals surface area contributed by atoms with Gasteiger partial charge in [0.05, 0.1) is 18.2 Å². The number of hydrogen-bond acceptors (Lipinski definition) is 6. The summed E-state index contributed by atoms with van der Waals surface area (Å²) < 4.78 is 35.6. The maximum absolute atomic E-state index is 13.8. The summed E-state index contributed by atoms with van der Waals surface area (Å²) in [5.41, 5.74) is 1.81. The Balaban J connectivity index is 1.58. The monoisotopic (exact) mass is 555 g/mol. The van der Waals surface area contributed by atoms with E-state index in [1.54, 1.807) is 26.0 Å². The Morgan fingerprint density at radius 2 is 1.79 bits per heavy atom. The zero-order valence-corrected chi connectivity index (χ0v) is 23.8. The van der Waals surface area contributed by atoms with Gasteiger partial charge in [0.15, 0.2) is 0 Å². The summed E-state index contributed by atoms with van der Waals surface area (Å²) in [6, 6.07) is 14.0. The van der Waals surface area contributed by atoms with Gasteiger partial charge in [0.2, 0.25) is 15.9 Å². The largest absolute Gasteiger partial charge is 0.466 e. The van der Waals surface area contributed by atoms with Gasteiger partial charge in [-0.2, -0.15) is 0 Å². The number of anilines is 2. The summed E-state index contributed by atoms with van der Waals surface area (Å²) >= 11 is 0. The number of nitrogens with zero attached hydrogens (tertiary/aromatic N) is 1. The van der Waals surface area contributed by atoms with Crippen molar-refractivity contribution in [1.29, 1.82) is 0 Å². The van der Waals surface area contributed by atoms with Crippen LogP contribution in [-0.2, 0) is 24.3 Å². The molecule has 39 heavy (non-hydrogen) atoms. The number of esters is 1. The third-order valence-corrected chi connectivity index (χ3v) is 9.37. The van der Waals surface area contributed by atoms with Crippen LogP contribution in [0.3, 0.4) is 0 Å².